The lowest BCUT2D eigenvalue weighted by molar-refractivity contribution is 0.0940. The number of hydrogen-bond acceptors (Lipinski definition) is 3. The van der Waals surface area contributed by atoms with Gasteiger partial charge in [-0.2, -0.15) is 10.2 Å². The van der Waals surface area contributed by atoms with Crippen LogP contribution in [-0.2, 0) is 13.1 Å². The van der Waals surface area contributed by atoms with E-state index >= 15 is 0 Å². The van der Waals surface area contributed by atoms with E-state index < -0.39 is 0 Å². The van der Waals surface area contributed by atoms with Gasteiger partial charge in [-0.25, -0.2) is 0 Å². The van der Waals surface area contributed by atoms with E-state index in [1.165, 1.54) is 0 Å². The van der Waals surface area contributed by atoms with Gasteiger partial charge in [0, 0.05) is 23.4 Å². The Morgan fingerprint density at radius 2 is 1.82 bits per heavy atom. The molecule has 0 aliphatic heterocycles. The van der Waals surface area contributed by atoms with Crippen molar-refractivity contribution in [2.24, 2.45) is 0 Å². The Labute approximate surface area is 170 Å². The summed E-state index contributed by atoms with van der Waals surface area (Å²) in [5, 5.41) is 12.6. The van der Waals surface area contributed by atoms with Gasteiger partial charge in [0.2, 0.25) is 0 Å². The first-order chi connectivity index (χ1) is 13.3. The highest BCUT2D eigenvalue weighted by Crippen LogP contribution is 2.20. The minimum absolute atomic E-state index is 0.100. The van der Waals surface area contributed by atoms with Crippen LogP contribution in [0, 0.1) is 20.8 Å². The van der Waals surface area contributed by atoms with Crippen LogP contribution in [0.5, 0.6) is 0 Å². The summed E-state index contributed by atoms with van der Waals surface area (Å²) in [6.07, 6.45) is 1.83. The van der Waals surface area contributed by atoms with Gasteiger partial charge in [0.15, 0.2) is 0 Å². The number of hydrogen-bond donors (Lipinski definition) is 1. The quantitative estimate of drug-likeness (QED) is 0.675. The summed E-state index contributed by atoms with van der Waals surface area (Å²) in [5.74, 6) is -0.100. The predicted molar refractivity (Wildman–Crippen MR) is 111 cm³/mol. The first kappa shape index (κ1) is 20.1. The number of rotatable bonds is 6. The van der Waals surface area contributed by atoms with Crippen LogP contribution in [0.15, 0.2) is 30.5 Å². The lowest BCUT2D eigenvalue weighted by atomic mass is 10.1. The summed E-state index contributed by atoms with van der Waals surface area (Å²) < 4.78 is 3.81. The number of carbonyl (C=O) groups excluding carboxylic acids is 1. The van der Waals surface area contributed by atoms with Crippen LogP contribution in [-0.4, -0.2) is 25.5 Å². The molecule has 0 fully saturated rings. The smallest absolute Gasteiger partial charge is 0.251 e. The van der Waals surface area contributed by atoms with E-state index in [1.807, 2.05) is 67.5 Å². The molecule has 0 radical (unpaired) electrons. The molecule has 2 aromatic heterocycles. The third-order valence-corrected chi connectivity index (χ3v) is 5.64. The van der Waals surface area contributed by atoms with E-state index in [-0.39, 0.29) is 11.9 Å². The summed E-state index contributed by atoms with van der Waals surface area (Å²) in [6, 6.07) is 7.47. The fourth-order valence-electron chi connectivity index (χ4n) is 3.33. The zero-order valence-corrected chi connectivity index (χ0v) is 17.7. The van der Waals surface area contributed by atoms with Crippen LogP contribution in [0.3, 0.4) is 0 Å². The molecule has 2 heterocycles. The molecule has 1 N–H and O–H groups in total. The second-order valence-electron chi connectivity index (χ2n) is 7.04. The summed E-state index contributed by atoms with van der Waals surface area (Å²) in [4.78, 5) is 12.6. The molecular weight excluding hydrogens is 374 g/mol. The monoisotopic (exact) mass is 399 g/mol. The lowest BCUT2D eigenvalue weighted by Crippen LogP contribution is -2.27. The molecule has 1 atom stereocenters. The first-order valence-electron chi connectivity index (χ1n) is 9.43. The second-order valence-corrected chi connectivity index (χ2v) is 7.41. The summed E-state index contributed by atoms with van der Waals surface area (Å²) in [7, 11) is 0. The largest absolute Gasteiger partial charge is 0.345 e. The summed E-state index contributed by atoms with van der Waals surface area (Å²) in [6.45, 7) is 11.3. The minimum atomic E-state index is -0.107. The predicted octanol–water partition coefficient (Wildman–Crippen LogP) is 4.22. The fourth-order valence-corrected chi connectivity index (χ4v) is 3.46. The lowest BCUT2D eigenvalue weighted by Gasteiger charge is -2.14. The maximum Gasteiger partial charge on any atom is 0.251 e. The van der Waals surface area contributed by atoms with Crippen LogP contribution in [0.1, 0.15) is 58.5 Å². The van der Waals surface area contributed by atoms with Crippen molar-refractivity contribution >= 4 is 17.5 Å². The fraction of sp³-hybridized carbons (Fsp3) is 0.381. The Morgan fingerprint density at radius 1 is 1.14 bits per heavy atom. The molecule has 1 aromatic carbocycles. The molecule has 0 aliphatic carbocycles. The molecular formula is C21H26ClN5O. The van der Waals surface area contributed by atoms with Crippen molar-refractivity contribution in [3.05, 3.63) is 69.3 Å². The minimum Gasteiger partial charge on any atom is -0.345 e. The van der Waals surface area contributed by atoms with E-state index in [9.17, 15) is 4.79 Å². The summed E-state index contributed by atoms with van der Waals surface area (Å²) >= 11 is 6.21. The second kappa shape index (κ2) is 8.19. The van der Waals surface area contributed by atoms with Gasteiger partial charge in [0.25, 0.3) is 5.91 Å². The standard InChI is InChI=1S/C21H26ClN5O/c1-6-26-15(4)19(11-23-26)13(2)24-21(28)18-9-7-17(8-10-18)12-27-16(5)20(22)14(3)25-27/h7-11,13H,6,12H2,1-5H3,(H,24,28). The van der Waals surface area contributed by atoms with Gasteiger partial charge >= 0.3 is 0 Å². The molecule has 0 saturated carbocycles. The Balaban J connectivity index is 1.67. The maximum atomic E-state index is 12.6. The Bertz CT molecular complexity index is 987. The Hall–Kier alpha value is -2.60. The van der Waals surface area contributed by atoms with Crippen molar-refractivity contribution in [2.75, 3.05) is 0 Å². The van der Waals surface area contributed by atoms with Crippen LogP contribution < -0.4 is 5.32 Å². The van der Waals surface area contributed by atoms with Crippen LogP contribution in [0.2, 0.25) is 5.02 Å². The number of halogens is 1. The number of aryl methyl sites for hydroxylation is 2. The van der Waals surface area contributed by atoms with Gasteiger partial charge in [0.1, 0.15) is 0 Å². The molecule has 0 aliphatic rings. The van der Waals surface area contributed by atoms with Gasteiger partial charge < -0.3 is 5.32 Å². The van der Waals surface area contributed by atoms with Crippen molar-refractivity contribution in [1.82, 2.24) is 24.9 Å². The number of amides is 1. The van der Waals surface area contributed by atoms with Crippen molar-refractivity contribution in [1.29, 1.82) is 0 Å². The first-order valence-corrected chi connectivity index (χ1v) is 9.81. The Kier molecular flexibility index (Phi) is 5.89. The average Bonchev–Trinajstić information content (AvgIpc) is 3.17. The molecule has 0 spiro atoms. The number of carbonyl (C=O) groups is 1. The average molecular weight is 400 g/mol. The van der Waals surface area contributed by atoms with Gasteiger partial charge in [0.05, 0.1) is 35.2 Å². The van der Waals surface area contributed by atoms with Crippen molar-refractivity contribution in [3.8, 4) is 0 Å². The maximum absolute atomic E-state index is 12.6. The van der Waals surface area contributed by atoms with Gasteiger partial charge in [-0.05, 0) is 52.3 Å². The van der Waals surface area contributed by atoms with Gasteiger partial charge in [-0.15, -0.1) is 0 Å². The highest BCUT2D eigenvalue weighted by molar-refractivity contribution is 6.31. The van der Waals surface area contributed by atoms with E-state index in [0.29, 0.717) is 17.1 Å². The molecule has 28 heavy (non-hydrogen) atoms. The third-order valence-electron chi connectivity index (χ3n) is 5.10. The number of nitrogens with zero attached hydrogens (tertiary/aromatic N) is 4. The zero-order valence-electron chi connectivity index (χ0n) is 17.0. The SMILES string of the molecule is CCn1ncc(C(C)NC(=O)c2ccc(Cn3nc(C)c(Cl)c3C)cc2)c1C. The Morgan fingerprint density at radius 3 is 2.36 bits per heavy atom. The van der Waals surface area contributed by atoms with Crippen LogP contribution >= 0.6 is 11.6 Å². The van der Waals surface area contributed by atoms with Gasteiger partial charge in [-0.1, -0.05) is 23.7 Å². The van der Waals surface area contributed by atoms with E-state index in [1.54, 1.807) is 0 Å². The number of aromatic nitrogens is 4. The van der Waals surface area contributed by atoms with E-state index in [0.717, 1.165) is 34.8 Å². The van der Waals surface area contributed by atoms with Crippen molar-refractivity contribution < 1.29 is 4.79 Å². The molecule has 1 unspecified atom stereocenters. The van der Waals surface area contributed by atoms with Crippen molar-refractivity contribution in [3.63, 3.8) is 0 Å². The normalized spacial score (nSPS) is 12.2. The van der Waals surface area contributed by atoms with E-state index in [2.05, 4.69) is 22.4 Å². The molecule has 1 amide bonds. The number of benzene rings is 1. The number of nitrogens with one attached hydrogen (secondary N) is 1. The molecule has 3 rings (SSSR count). The van der Waals surface area contributed by atoms with Crippen molar-refractivity contribution in [2.45, 2.75) is 53.8 Å². The highest BCUT2D eigenvalue weighted by Gasteiger charge is 2.16. The van der Waals surface area contributed by atoms with E-state index in [4.69, 9.17) is 11.6 Å². The topological polar surface area (TPSA) is 64.7 Å². The molecule has 0 bridgehead atoms. The van der Waals surface area contributed by atoms with Crippen LogP contribution in [0.4, 0.5) is 0 Å². The molecule has 6 nitrogen and oxygen atoms in total. The molecule has 148 valence electrons. The summed E-state index contributed by atoms with van der Waals surface area (Å²) in [5.41, 5.74) is 5.57. The molecule has 0 saturated heterocycles. The third kappa shape index (κ3) is 3.97. The highest BCUT2D eigenvalue weighted by atomic mass is 35.5. The van der Waals surface area contributed by atoms with Gasteiger partial charge in [-0.3, -0.25) is 14.2 Å². The molecule has 3 aromatic rings. The molecule has 7 heteroatoms. The van der Waals surface area contributed by atoms with Crippen LogP contribution in [0.25, 0.3) is 0 Å². The zero-order chi connectivity index (χ0) is 20.4.